The Morgan fingerprint density at radius 3 is 2.68 bits per heavy atom. The first kappa shape index (κ1) is 13.0. The van der Waals surface area contributed by atoms with E-state index in [2.05, 4.69) is 10.3 Å². The first-order valence-electron chi connectivity index (χ1n) is 5.75. The topological polar surface area (TPSA) is 88.3 Å². The summed E-state index contributed by atoms with van der Waals surface area (Å²) in [6.45, 7) is 0.155. The van der Waals surface area contributed by atoms with Gasteiger partial charge >= 0.3 is 5.69 Å². The second kappa shape index (κ2) is 5.92. The van der Waals surface area contributed by atoms with Crippen LogP contribution in [0.1, 0.15) is 11.7 Å². The summed E-state index contributed by atoms with van der Waals surface area (Å²) in [5.74, 6) is 0.155. The molecule has 0 saturated heterocycles. The highest BCUT2D eigenvalue weighted by Gasteiger charge is 2.15. The minimum atomic E-state index is -0.747. The molecule has 0 aliphatic carbocycles. The number of hydrogen-bond donors (Lipinski definition) is 2. The number of nitro groups is 1. The quantitative estimate of drug-likeness (QED) is 0.634. The van der Waals surface area contributed by atoms with Crippen LogP contribution in [0.15, 0.2) is 48.7 Å². The van der Waals surface area contributed by atoms with Gasteiger partial charge in [-0.25, -0.2) is 4.98 Å². The minimum absolute atomic E-state index is 0.109. The van der Waals surface area contributed by atoms with Crippen LogP contribution in [-0.2, 0) is 0 Å². The van der Waals surface area contributed by atoms with Crippen molar-refractivity contribution in [2.75, 3.05) is 11.9 Å². The number of aliphatic hydroxyl groups is 1. The molecule has 0 saturated carbocycles. The Kier molecular flexibility index (Phi) is 4.04. The normalized spacial score (nSPS) is 11.8. The van der Waals surface area contributed by atoms with Gasteiger partial charge in [0.25, 0.3) is 0 Å². The van der Waals surface area contributed by atoms with Crippen molar-refractivity contribution in [3.8, 4) is 0 Å². The first-order valence-corrected chi connectivity index (χ1v) is 5.75. The molecule has 98 valence electrons. The maximum Gasteiger partial charge on any atom is 0.311 e. The standard InChI is InChI=1S/C13H13N3O3/c17-12(10-5-2-1-3-6-10)9-15-13-11(16(18)19)7-4-8-14-13/h1-8,12,17H,9H2,(H,14,15). The van der Waals surface area contributed by atoms with Gasteiger partial charge in [-0.2, -0.15) is 0 Å². The number of pyridine rings is 1. The van der Waals surface area contributed by atoms with Crippen molar-refractivity contribution in [1.29, 1.82) is 0 Å². The van der Waals surface area contributed by atoms with Gasteiger partial charge in [0, 0.05) is 18.8 Å². The summed E-state index contributed by atoms with van der Waals surface area (Å²) in [4.78, 5) is 14.2. The van der Waals surface area contributed by atoms with Crippen LogP contribution >= 0.6 is 0 Å². The maximum absolute atomic E-state index is 10.8. The molecule has 1 aromatic carbocycles. The van der Waals surface area contributed by atoms with Crippen LogP contribution in [0, 0.1) is 10.1 Å². The van der Waals surface area contributed by atoms with Crippen LogP contribution in [0.3, 0.4) is 0 Å². The minimum Gasteiger partial charge on any atom is -0.387 e. The molecule has 0 radical (unpaired) electrons. The molecule has 6 heteroatoms. The Morgan fingerprint density at radius 1 is 1.26 bits per heavy atom. The Bertz CT molecular complexity index is 560. The lowest BCUT2D eigenvalue weighted by Gasteiger charge is -2.12. The summed E-state index contributed by atoms with van der Waals surface area (Å²) in [7, 11) is 0. The zero-order chi connectivity index (χ0) is 13.7. The van der Waals surface area contributed by atoms with E-state index in [1.807, 2.05) is 18.2 Å². The molecule has 6 nitrogen and oxygen atoms in total. The highest BCUT2D eigenvalue weighted by Crippen LogP contribution is 2.21. The third-order valence-electron chi connectivity index (χ3n) is 2.63. The van der Waals surface area contributed by atoms with Gasteiger partial charge in [0.05, 0.1) is 11.0 Å². The van der Waals surface area contributed by atoms with E-state index in [0.717, 1.165) is 5.56 Å². The molecule has 1 atom stereocenters. The fraction of sp³-hybridized carbons (Fsp3) is 0.154. The third kappa shape index (κ3) is 3.26. The van der Waals surface area contributed by atoms with Crippen molar-refractivity contribution in [3.05, 3.63) is 64.3 Å². The number of nitrogens with zero attached hydrogens (tertiary/aromatic N) is 2. The fourth-order valence-electron chi connectivity index (χ4n) is 1.67. The van der Waals surface area contributed by atoms with Crippen LogP contribution in [-0.4, -0.2) is 21.6 Å². The highest BCUT2D eigenvalue weighted by molar-refractivity contribution is 5.55. The van der Waals surface area contributed by atoms with Gasteiger partial charge in [-0.05, 0) is 11.6 Å². The molecule has 19 heavy (non-hydrogen) atoms. The molecule has 1 unspecified atom stereocenters. The molecule has 0 aliphatic rings. The van der Waals surface area contributed by atoms with Crippen LogP contribution in [0.25, 0.3) is 0 Å². The lowest BCUT2D eigenvalue weighted by Crippen LogP contribution is -2.13. The number of nitrogens with one attached hydrogen (secondary N) is 1. The van der Waals surface area contributed by atoms with Crippen LogP contribution < -0.4 is 5.32 Å². The molecule has 2 rings (SSSR count). The summed E-state index contributed by atoms with van der Waals surface area (Å²) in [5, 5.41) is 23.5. The van der Waals surface area contributed by atoms with Gasteiger partial charge in [-0.1, -0.05) is 30.3 Å². The third-order valence-corrected chi connectivity index (χ3v) is 2.63. The Balaban J connectivity index is 2.05. The summed E-state index contributed by atoms with van der Waals surface area (Å²) in [5.41, 5.74) is 0.636. The predicted molar refractivity (Wildman–Crippen MR) is 70.8 cm³/mol. The lowest BCUT2D eigenvalue weighted by atomic mass is 10.1. The van der Waals surface area contributed by atoms with Crippen LogP contribution in [0.2, 0.25) is 0 Å². The Labute approximate surface area is 109 Å². The smallest absolute Gasteiger partial charge is 0.311 e. The molecule has 0 bridgehead atoms. The van der Waals surface area contributed by atoms with Gasteiger partial charge in [-0.3, -0.25) is 10.1 Å². The van der Waals surface area contributed by atoms with Gasteiger partial charge < -0.3 is 10.4 Å². The van der Waals surface area contributed by atoms with E-state index in [4.69, 9.17) is 0 Å². The fourth-order valence-corrected chi connectivity index (χ4v) is 1.67. The van der Waals surface area contributed by atoms with E-state index in [0.29, 0.717) is 0 Å². The van der Waals surface area contributed by atoms with Crippen molar-refractivity contribution >= 4 is 11.5 Å². The number of aromatic nitrogens is 1. The average molecular weight is 259 g/mol. The predicted octanol–water partition coefficient (Wildman–Crippen LogP) is 2.14. The molecule has 2 N–H and O–H groups in total. The van der Waals surface area contributed by atoms with Gasteiger partial charge in [0.15, 0.2) is 0 Å². The summed E-state index contributed by atoms with van der Waals surface area (Å²) in [6, 6.07) is 11.9. The van der Waals surface area contributed by atoms with Gasteiger partial charge in [0.2, 0.25) is 5.82 Å². The second-order valence-electron chi connectivity index (χ2n) is 3.94. The second-order valence-corrected chi connectivity index (χ2v) is 3.94. The van der Waals surface area contributed by atoms with E-state index >= 15 is 0 Å². The highest BCUT2D eigenvalue weighted by atomic mass is 16.6. The number of benzene rings is 1. The Morgan fingerprint density at radius 2 is 2.00 bits per heavy atom. The van der Waals surface area contributed by atoms with Crippen molar-refractivity contribution in [2.45, 2.75) is 6.10 Å². The summed E-state index contributed by atoms with van der Waals surface area (Å²) in [6.07, 6.45) is 0.715. The monoisotopic (exact) mass is 259 g/mol. The number of rotatable bonds is 5. The van der Waals surface area contributed by atoms with E-state index in [1.54, 1.807) is 12.1 Å². The maximum atomic E-state index is 10.8. The van der Waals surface area contributed by atoms with E-state index in [9.17, 15) is 15.2 Å². The molecular formula is C13H13N3O3. The molecule has 1 aromatic heterocycles. The van der Waals surface area contributed by atoms with Gasteiger partial charge in [-0.15, -0.1) is 0 Å². The van der Waals surface area contributed by atoms with Gasteiger partial charge in [0.1, 0.15) is 0 Å². The van der Waals surface area contributed by atoms with E-state index in [1.165, 1.54) is 18.3 Å². The van der Waals surface area contributed by atoms with Crippen LogP contribution in [0.4, 0.5) is 11.5 Å². The number of anilines is 1. The SMILES string of the molecule is O=[N+]([O-])c1cccnc1NCC(O)c1ccccc1. The Hall–Kier alpha value is -2.47. The molecular weight excluding hydrogens is 246 g/mol. The zero-order valence-corrected chi connectivity index (χ0v) is 10.1. The van der Waals surface area contributed by atoms with Crippen molar-refractivity contribution in [2.24, 2.45) is 0 Å². The number of hydrogen-bond acceptors (Lipinski definition) is 5. The molecule has 1 heterocycles. The lowest BCUT2D eigenvalue weighted by molar-refractivity contribution is -0.384. The first-order chi connectivity index (χ1) is 9.18. The van der Waals surface area contributed by atoms with E-state index < -0.39 is 11.0 Å². The van der Waals surface area contributed by atoms with Crippen LogP contribution in [0.5, 0.6) is 0 Å². The van der Waals surface area contributed by atoms with Crippen molar-refractivity contribution < 1.29 is 10.0 Å². The molecule has 0 spiro atoms. The van der Waals surface area contributed by atoms with Crippen molar-refractivity contribution in [1.82, 2.24) is 4.98 Å². The molecule has 2 aromatic rings. The average Bonchev–Trinajstić information content (AvgIpc) is 2.46. The van der Waals surface area contributed by atoms with E-state index in [-0.39, 0.29) is 18.1 Å². The number of aliphatic hydroxyl groups excluding tert-OH is 1. The summed E-state index contributed by atoms with van der Waals surface area (Å²) >= 11 is 0. The summed E-state index contributed by atoms with van der Waals surface area (Å²) < 4.78 is 0. The molecule has 0 fully saturated rings. The largest absolute Gasteiger partial charge is 0.387 e. The zero-order valence-electron chi connectivity index (χ0n) is 10.1. The molecule has 0 amide bonds. The van der Waals surface area contributed by atoms with Crippen molar-refractivity contribution in [3.63, 3.8) is 0 Å². The molecule has 0 aliphatic heterocycles.